The quantitative estimate of drug-likeness (QED) is 0.478. The number of nitrogens with two attached hydrogens (primary N) is 2. The molecular weight excluding hydrogens is 446 g/mol. The number of nitrogens with one attached hydrogen (secondary N) is 1. The third-order valence-electron chi connectivity index (χ3n) is 6.43. The molecule has 0 bridgehead atoms. The van der Waals surface area contributed by atoms with Gasteiger partial charge in [0.25, 0.3) is 11.8 Å². The second kappa shape index (κ2) is 9.79. The molecule has 9 nitrogen and oxygen atoms in total. The van der Waals surface area contributed by atoms with Gasteiger partial charge in [0.15, 0.2) is 0 Å². The molecule has 1 aliphatic heterocycles. The predicted molar refractivity (Wildman–Crippen MR) is 133 cm³/mol. The number of anilines is 1. The molecule has 4 rings (SSSR count). The molecule has 184 valence electrons. The molecule has 2 amide bonds. The Kier molecular flexibility index (Phi) is 6.79. The summed E-state index contributed by atoms with van der Waals surface area (Å²) in [5.74, 6) is -0.0734. The summed E-state index contributed by atoms with van der Waals surface area (Å²) in [6, 6.07) is 14.5. The van der Waals surface area contributed by atoms with Crippen LogP contribution in [0.3, 0.4) is 0 Å². The highest BCUT2D eigenvalue weighted by molar-refractivity contribution is 6.03. The molecule has 1 unspecified atom stereocenters. The van der Waals surface area contributed by atoms with Crippen molar-refractivity contribution in [3.8, 4) is 17.0 Å². The first-order chi connectivity index (χ1) is 16.7. The molecule has 1 aliphatic rings. The van der Waals surface area contributed by atoms with E-state index in [1.807, 2.05) is 30.3 Å². The van der Waals surface area contributed by atoms with Gasteiger partial charge in [-0.15, -0.1) is 0 Å². The number of carbonyl (C=O) groups is 2. The van der Waals surface area contributed by atoms with Gasteiger partial charge in [0, 0.05) is 24.1 Å². The van der Waals surface area contributed by atoms with E-state index in [4.69, 9.17) is 26.0 Å². The van der Waals surface area contributed by atoms with Crippen molar-refractivity contribution in [1.82, 2.24) is 15.1 Å². The van der Waals surface area contributed by atoms with Crippen molar-refractivity contribution in [2.75, 3.05) is 26.1 Å². The van der Waals surface area contributed by atoms with Gasteiger partial charge in [-0.2, -0.15) is 5.10 Å². The van der Waals surface area contributed by atoms with Crippen LogP contribution < -0.4 is 21.5 Å². The average Bonchev–Trinajstić information content (AvgIpc) is 3.19. The third-order valence-corrected chi connectivity index (χ3v) is 6.43. The zero-order valence-electron chi connectivity index (χ0n) is 20.2. The van der Waals surface area contributed by atoms with Crippen molar-refractivity contribution in [2.45, 2.75) is 32.9 Å². The van der Waals surface area contributed by atoms with Crippen LogP contribution in [0.5, 0.6) is 5.75 Å². The standard InChI is InChI=1S/C26H31N5O4/c1-26(2)15-35-13-12-20(26)31-23(27)21(24(28)32)22(30-31)17-10-8-16(9-11-17)14-29-25(33)18-6-4-5-7-19(18)34-3/h4-11,20H,12-15,27H2,1-3H3,(H2,28,32)(H,29,33). The summed E-state index contributed by atoms with van der Waals surface area (Å²) in [4.78, 5) is 24.9. The van der Waals surface area contributed by atoms with Gasteiger partial charge in [0.2, 0.25) is 0 Å². The fourth-order valence-corrected chi connectivity index (χ4v) is 4.49. The number of ether oxygens (including phenoxy) is 2. The Morgan fingerprint density at radius 1 is 1.20 bits per heavy atom. The molecule has 1 fully saturated rings. The van der Waals surface area contributed by atoms with E-state index in [0.29, 0.717) is 42.3 Å². The van der Waals surface area contributed by atoms with E-state index in [1.54, 1.807) is 22.9 Å². The fraction of sp³-hybridized carbons (Fsp3) is 0.346. The number of nitrogen functional groups attached to an aromatic ring is 1. The van der Waals surface area contributed by atoms with E-state index >= 15 is 0 Å². The molecule has 9 heteroatoms. The van der Waals surface area contributed by atoms with Crippen LogP contribution in [-0.4, -0.2) is 41.9 Å². The van der Waals surface area contributed by atoms with Crippen LogP contribution in [0, 0.1) is 5.41 Å². The summed E-state index contributed by atoms with van der Waals surface area (Å²) < 4.78 is 12.6. The second-order valence-corrected chi connectivity index (χ2v) is 9.34. The molecule has 0 spiro atoms. The van der Waals surface area contributed by atoms with E-state index in [-0.39, 0.29) is 28.7 Å². The highest BCUT2D eigenvalue weighted by Gasteiger charge is 2.37. The molecule has 1 aromatic heterocycles. The summed E-state index contributed by atoms with van der Waals surface area (Å²) in [5, 5.41) is 7.63. The highest BCUT2D eigenvalue weighted by Crippen LogP contribution is 2.40. The number of methoxy groups -OCH3 is 1. The number of hydrogen-bond acceptors (Lipinski definition) is 6. The predicted octanol–water partition coefficient (Wildman–Crippen LogP) is 3.16. The van der Waals surface area contributed by atoms with Crippen molar-refractivity contribution in [3.05, 3.63) is 65.2 Å². The molecule has 2 heterocycles. The lowest BCUT2D eigenvalue weighted by Crippen LogP contribution is -2.38. The maximum absolute atomic E-state index is 12.6. The minimum Gasteiger partial charge on any atom is -0.496 e. The maximum atomic E-state index is 12.6. The zero-order chi connectivity index (χ0) is 25.2. The van der Waals surface area contributed by atoms with Crippen LogP contribution in [0.25, 0.3) is 11.3 Å². The Labute approximate surface area is 204 Å². The van der Waals surface area contributed by atoms with Gasteiger partial charge in [0.1, 0.15) is 22.8 Å². The molecule has 5 N–H and O–H groups in total. The average molecular weight is 478 g/mol. The fourth-order valence-electron chi connectivity index (χ4n) is 4.49. The van der Waals surface area contributed by atoms with Crippen molar-refractivity contribution < 1.29 is 19.1 Å². The van der Waals surface area contributed by atoms with Crippen LogP contribution in [-0.2, 0) is 11.3 Å². The monoisotopic (exact) mass is 477 g/mol. The highest BCUT2D eigenvalue weighted by atomic mass is 16.5. The maximum Gasteiger partial charge on any atom is 0.255 e. The van der Waals surface area contributed by atoms with Gasteiger partial charge >= 0.3 is 0 Å². The van der Waals surface area contributed by atoms with Gasteiger partial charge in [-0.3, -0.25) is 9.59 Å². The lowest BCUT2D eigenvalue weighted by molar-refractivity contribution is -0.0284. The van der Waals surface area contributed by atoms with E-state index in [2.05, 4.69) is 19.2 Å². The van der Waals surface area contributed by atoms with Gasteiger partial charge < -0.3 is 26.3 Å². The second-order valence-electron chi connectivity index (χ2n) is 9.34. The number of amides is 2. The van der Waals surface area contributed by atoms with Gasteiger partial charge in [-0.05, 0) is 24.1 Å². The molecule has 35 heavy (non-hydrogen) atoms. The first-order valence-corrected chi connectivity index (χ1v) is 11.5. The number of aromatic nitrogens is 2. The largest absolute Gasteiger partial charge is 0.496 e. The van der Waals surface area contributed by atoms with Crippen molar-refractivity contribution in [2.24, 2.45) is 11.1 Å². The minimum absolute atomic E-state index is 0.0208. The molecule has 2 aromatic carbocycles. The smallest absolute Gasteiger partial charge is 0.255 e. The normalized spacial score (nSPS) is 17.1. The summed E-state index contributed by atoms with van der Waals surface area (Å²) >= 11 is 0. The molecule has 0 radical (unpaired) electrons. The molecular formula is C26H31N5O4. The number of para-hydroxylation sites is 1. The Hall–Kier alpha value is -3.85. The Morgan fingerprint density at radius 3 is 2.57 bits per heavy atom. The molecule has 0 aliphatic carbocycles. The van der Waals surface area contributed by atoms with Crippen molar-refractivity contribution in [1.29, 1.82) is 0 Å². The van der Waals surface area contributed by atoms with Crippen LogP contribution in [0.15, 0.2) is 48.5 Å². The molecule has 3 aromatic rings. The number of nitrogens with zero attached hydrogens (tertiary/aromatic N) is 2. The number of benzene rings is 2. The summed E-state index contributed by atoms with van der Waals surface area (Å²) in [6.07, 6.45) is 0.737. The Morgan fingerprint density at radius 2 is 1.91 bits per heavy atom. The SMILES string of the molecule is COc1ccccc1C(=O)NCc1ccc(-c2nn(C3CCOCC3(C)C)c(N)c2C(N)=O)cc1. The van der Waals surface area contributed by atoms with Crippen molar-refractivity contribution >= 4 is 17.6 Å². The Balaban J connectivity index is 1.56. The van der Waals surface area contributed by atoms with Crippen LogP contribution >= 0.6 is 0 Å². The first kappa shape index (κ1) is 24.3. The van der Waals surface area contributed by atoms with E-state index in [1.165, 1.54) is 7.11 Å². The molecule has 1 saturated heterocycles. The summed E-state index contributed by atoms with van der Waals surface area (Å²) in [7, 11) is 1.53. The van der Waals surface area contributed by atoms with E-state index in [9.17, 15) is 9.59 Å². The number of rotatable bonds is 7. The van der Waals surface area contributed by atoms with Gasteiger partial charge in [-0.1, -0.05) is 50.2 Å². The van der Waals surface area contributed by atoms with Gasteiger partial charge in [0.05, 0.1) is 25.3 Å². The van der Waals surface area contributed by atoms with Gasteiger partial charge in [-0.25, -0.2) is 4.68 Å². The number of primary amides is 1. The number of hydrogen-bond donors (Lipinski definition) is 3. The lowest BCUT2D eigenvalue weighted by Gasteiger charge is -2.38. The minimum atomic E-state index is -0.623. The van der Waals surface area contributed by atoms with Crippen LogP contribution in [0.4, 0.5) is 5.82 Å². The van der Waals surface area contributed by atoms with E-state index in [0.717, 1.165) is 12.0 Å². The molecule has 0 saturated carbocycles. The van der Waals surface area contributed by atoms with Crippen LogP contribution in [0.2, 0.25) is 0 Å². The molecule has 1 atom stereocenters. The van der Waals surface area contributed by atoms with Crippen LogP contribution in [0.1, 0.15) is 52.6 Å². The third kappa shape index (κ3) is 4.85. The summed E-state index contributed by atoms with van der Waals surface area (Å²) in [5.41, 5.74) is 14.6. The zero-order valence-corrected chi connectivity index (χ0v) is 20.2. The first-order valence-electron chi connectivity index (χ1n) is 11.5. The van der Waals surface area contributed by atoms with Crippen molar-refractivity contribution in [3.63, 3.8) is 0 Å². The number of carbonyl (C=O) groups excluding carboxylic acids is 2. The topological polar surface area (TPSA) is 134 Å². The summed E-state index contributed by atoms with van der Waals surface area (Å²) in [6.45, 7) is 5.69. The van der Waals surface area contributed by atoms with E-state index < -0.39 is 5.91 Å². The Bertz CT molecular complexity index is 1230. The lowest BCUT2D eigenvalue weighted by atomic mass is 9.82.